The second-order valence-electron chi connectivity index (χ2n) is 5.23. The summed E-state index contributed by atoms with van der Waals surface area (Å²) in [5, 5.41) is 12.8. The van der Waals surface area contributed by atoms with Gasteiger partial charge in [-0.15, -0.1) is 0 Å². The lowest BCUT2D eigenvalue weighted by molar-refractivity contribution is -0.137. The van der Waals surface area contributed by atoms with E-state index in [1.54, 1.807) is 13.8 Å². The summed E-state index contributed by atoms with van der Waals surface area (Å²) < 4.78 is 28.8. The van der Waals surface area contributed by atoms with Crippen molar-refractivity contribution in [3.05, 3.63) is 11.4 Å². The molecule has 1 unspecified atom stereocenters. The van der Waals surface area contributed by atoms with E-state index in [1.165, 1.54) is 4.68 Å². The van der Waals surface area contributed by atoms with Crippen molar-refractivity contribution in [2.45, 2.75) is 52.0 Å². The number of hydrogen-bond donors (Lipinski definition) is 2. The second kappa shape index (κ2) is 7.04. The summed E-state index contributed by atoms with van der Waals surface area (Å²) in [6, 6.07) is 0. The Balaban J connectivity index is 2.99. The second-order valence-corrected chi connectivity index (χ2v) is 6.94. The fourth-order valence-electron chi connectivity index (χ4n) is 1.96. The van der Waals surface area contributed by atoms with E-state index in [4.69, 9.17) is 5.11 Å². The molecule has 0 aliphatic carbocycles. The van der Waals surface area contributed by atoms with E-state index >= 15 is 0 Å². The molecule has 8 heteroatoms. The Morgan fingerprint density at radius 1 is 1.43 bits per heavy atom. The lowest BCUT2D eigenvalue weighted by atomic mass is 10.1. The van der Waals surface area contributed by atoms with Crippen LogP contribution in [0.25, 0.3) is 0 Å². The monoisotopic (exact) mass is 317 g/mol. The molecule has 1 atom stereocenters. The van der Waals surface area contributed by atoms with E-state index in [0.29, 0.717) is 17.9 Å². The largest absolute Gasteiger partial charge is 0.481 e. The minimum absolute atomic E-state index is 0.0955. The fourth-order valence-corrected chi connectivity index (χ4v) is 3.53. The van der Waals surface area contributed by atoms with E-state index in [2.05, 4.69) is 9.82 Å². The Bertz CT molecular complexity index is 607. The van der Waals surface area contributed by atoms with Crippen molar-refractivity contribution >= 4 is 16.0 Å². The first-order valence-electron chi connectivity index (χ1n) is 6.94. The molecule has 7 nitrogen and oxygen atoms in total. The summed E-state index contributed by atoms with van der Waals surface area (Å²) in [7, 11) is -3.63. The van der Waals surface area contributed by atoms with Gasteiger partial charge in [0.1, 0.15) is 4.90 Å². The van der Waals surface area contributed by atoms with Crippen molar-refractivity contribution in [3.63, 3.8) is 0 Å². The first-order valence-corrected chi connectivity index (χ1v) is 8.42. The predicted molar refractivity (Wildman–Crippen MR) is 78.6 cm³/mol. The van der Waals surface area contributed by atoms with Gasteiger partial charge in [0.15, 0.2) is 0 Å². The molecule has 0 amide bonds. The molecule has 0 spiro atoms. The lowest BCUT2D eigenvalue weighted by Crippen LogP contribution is -2.29. The summed E-state index contributed by atoms with van der Waals surface area (Å²) in [6.45, 7) is 7.75. The molecule has 0 saturated heterocycles. The molecule has 0 aliphatic heterocycles. The minimum atomic E-state index is -3.63. The number of aromatic nitrogens is 2. The van der Waals surface area contributed by atoms with Gasteiger partial charge in [-0.05, 0) is 19.8 Å². The summed E-state index contributed by atoms with van der Waals surface area (Å²) in [4.78, 5) is 10.8. The van der Waals surface area contributed by atoms with Crippen molar-refractivity contribution in [3.8, 4) is 0 Å². The van der Waals surface area contributed by atoms with Crippen LogP contribution in [-0.2, 0) is 21.4 Å². The number of aryl methyl sites for hydroxylation is 2. The number of nitrogens with one attached hydrogen (secondary N) is 1. The van der Waals surface area contributed by atoms with Gasteiger partial charge < -0.3 is 5.11 Å². The van der Waals surface area contributed by atoms with Crippen LogP contribution in [0.2, 0.25) is 0 Å². The zero-order valence-corrected chi connectivity index (χ0v) is 13.7. The summed E-state index contributed by atoms with van der Waals surface area (Å²) in [5.41, 5.74) is 0.847. The molecule has 0 aromatic carbocycles. The van der Waals surface area contributed by atoms with E-state index in [1.807, 2.05) is 13.8 Å². The van der Waals surface area contributed by atoms with Gasteiger partial charge in [0.2, 0.25) is 10.0 Å². The third-order valence-electron chi connectivity index (χ3n) is 3.44. The molecule has 1 heterocycles. The molecular weight excluding hydrogens is 294 g/mol. The van der Waals surface area contributed by atoms with Crippen LogP contribution in [0.4, 0.5) is 0 Å². The zero-order chi connectivity index (χ0) is 16.2. The Morgan fingerprint density at radius 3 is 2.57 bits per heavy atom. The minimum Gasteiger partial charge on any atom is -0.481 e. The third kappa shape index (κ3) is 4.53. The first kappa shape index (κ1) is 17.6. The highest BCUT2D eigenvalue weighted by atomic mass is 32.2. The molecule has 0 saturated carbocycles. The maximum Gasteiger partial charge on any atom is 0.305 e. The van der Waals surface area contributed by atoms with Crippen LogP contribution in [0, 0.1) is 19.8 Å². The number of carboxylic acids is 1. The number of hydrogen-bond acceptors (Lipinski definition) is 4. The Labute approximate surface area is 125 Å². The molecule has 1 rings (SSSR count). The molecule has 21 heavy (non-hydrogen) atoms. The van der Waals surface area contributed by atoms with E-state index in [9.17, 15) is 13.2 Å². The van der Waals surface area contributed by atoms with Crippen molar-refractivity contribution in [2.24, 2.45) is 5.92 Å². The fraction of sp³-hybridized carbons (Fsp3) is 0.692. The van der Waals surface area contributed by atoms with Gasteiger partial charge in [-0.3, -0.25) is 9.48 Å². The smallest absolute Gasteiger partial charge is 0.305 e. The molecular formula is C13H23N3O4S. The van der Waals surface area contributed by atoms with Gasteiger partial charge in [-0.25, -0.2) is 13.1 Å². The molecule has 0 radical (unpaired) electrons. The van der Waals surface area contributed by atoms with Crippen molar-refractivity contribution in [2.75, 3.05) is 6.54 Å². The van der Waals surface area contributed by atoms with Gasteiger partial charge in [-0.1, -0.05) is 20.3 Å². The molecule has 0 fully saturated rings. The normalized spacial score (nSPS) is 13.3. The number of rotatable bonds is 8. The zero-order valence-electron chi connectivity index (χ0n) is 12.9. The van der Waals surface area contributed by atoms with Gasteiger partial charge >= 0.3 is 5.97 Å². The van der Waals surface area contributed by atoms with Crippen molar-refractivity contribution in [1.29, 1.82) is 0 Å². The number of carboxylic acid groups (broad SMARTS) is 1. The molecule has 2 N–H and O–H groups in total. The van der Waals surface area contributed by atoms with Gasteiger partial charge in [0.25, 0.3) is 0 Å². The Hall–Kier alpha value is -1.41. The number of sulfonamides is 1. The van der Waals surface area contributed by atoms with E-state index < -0.39 is 16.0 Å². The van der Waals surface area contributed by atoms with Crippen LogP contribution in [0.15, 0.2) is 4.90 Å². The maximum absolute atomic E-state index is 12.4. The number of carbonyl (C=O) groups is 1. The van der Waals surface area contributed by atoms with Crippen LogP contribution in [0.5, 0.6) is 0 Å². The molecule has 0 bridgehead atoms. The number of aliphatic carboxylic acids is 1. The Morgan fingerprint density at radius 2 is 2.05 bits per heavy atom. The maximum atomic E-state index is 12.4. The summed E-state index contributed by atoms with van der Waals surface area (Å²) in [6.07, 6.45) is 0.792. The topological polar surface area (TPSA) is 101 Å². The highest BCUT2D eigenvalue weighted by Gasteiger charge is 2.24. The highest BCUT2D eigenvalue weighted by molar-refractivity contribution is 7.89. The summed E-state index contributed by atoms with van der Waals surface area (Å²) >= 11 is 0. The SMILES string of the molecule is CCC(C)CNS(=O)(=O)c1c(C)nn(CCC(=O)O)c1C. The quantitative estimate of drug-likeness (QED) is 0.752. The van der Waals surface area contributed by atoms with Gasteiger partial charge in [-0.2, -0.15) is 5.10 Å². The summed E-state index contributed by atoms with van der Waals surface area (Å²) in [5.74, 6) is -0.690. The van der Waals surface area contributed by atoms with Gasteiger partial charge in [0.05, 0.1) is 24.4 Å². The van der Waals surface area contributed by atoms with E-state index in [-0.39, 0.29) is 23.8 Å². The van der Waals surface area contributed by atoms with Crippen LogP contribution >= 0.6 is 0 Å². The van der Waals surface area contributed by atoms with Gasteiger partial charge in [0, 0.05) is 6.54 Å². The average Bonchev–Trinajstić information content (AvgIpc) is 2.68. The molecule has 1 aromatic heterocycles. The van der Waals surface area contributed by atoms with Crippen LogP contribution < -0.4 is 4.72 Å². The molecule has 0 aliphatic rings. The van der Waals surface area contributed by atoms with E-state index in [0.717, 1.165) is 6.42 Å². The Kier molecular flexibility index (Phi) is 5.91. The van der Waals surface area contributed by atoms with Crippen molar-refractivity contribution in [1.82, 2.24) is 14.5 Å². The number of nitrogens with zero attached hydrogens (tertiary/aromatic N) is 2. The average molecular weight is 317 g/mol. The van der Waals surface area contributed by atoms with Crippen molar-refractivity contribution < 1.29 is 18.3 Å². The standard InChI is InChI=1S/C13H23N3O4S/c1-5-9(2)8-14-21(19,20)13-10(3)15-16(11(13)4)7-6-12(17)18/h9,14H,5-8H2,1-4H3,(H,17,18). The molecule has 1 aromatic rings. The lowest BCUT2D eigenvalue weighted by Gasteiger charge is -2.11. The third-order valence-corrected chi connectivity index (χ3v) is 5.12. The van der Waals surface area contributed by atoms with Crippen LogP contribution in [0.3, 0.4) is 0 Å². The van der Waals surface area contributed by atoms with Crippen LogP contribution in [-0.4, -0.2) is 35.8 Å². The van der Waals surface area contributed by atoms with Crippen LogP contribution in [0.1, 0.15) is 38.1 Å². The molecule has 120 valence electrons. The predicted octanol–water partition coefficient (Wildman–Crippen LogP) is 1.30. The highest BCUT2D eigenvalue weighted by Crippen LogP contribution is 2.19. The first-order chi connectivity index (χ1) is 9.69.